The zero-order chi connectivity index (χ0) is 19.1. The van der Waals surface area contributed by atoms with E-state index in [0.29, 0.717) is 5.71 Å². The van der Waals surface area contributed by atoms with Gasteiger partial charge in [-0.3, -0.25) is 0 Å². The second kappa shape index (κ2) is 10.4. The van der Waals surface area contributed by atoms with Crippen LogP contribution in [0.15, 0.2) is 77.9 Å². The van der Waals surface area contributed by atoms with Crippen molar-refractivity contribution >= 4 is 35.1 Å². The highest BCUT2D eigenvalue weighted by molar-refractivity contribution is 6.08. The molecule has 5 heteroatoms. The van der Waals surface area contributed by atoms with Gasteiger partial charge < -0.3 is 22.0 Å². The molecule has 0 radical (unpaired) electrons. The number of nitrogen functional groups attached to an aromatic ring is 2. The van der Waals surface area contributed by atoms with Crippen LogP contribution in [0.2, 0.25) is 0 Å². The Kier molecular flexibility index (Phi) is 8.52. The maximum atomic E-state index is 7.88. The number of nitrogens with one attached hydrogen (secondary N) is 1. The van der Waals surface area contributed by atoms with Crippen molar-refractivity contribution in [3.63, 3.8) is 0 Å². The van der Waals surface area contributed by atoms with E-state index in [1.807, 2.05) is 73.7 Å². The first-order valence-electron chi connectivity index (χ1n) is 8.48. The Labute approximate surface area is 166 Å². The number of benzene rings is 2. The van der Waals surface area contributed by atoms with Crippen molar-refractivity contribution in [3.05, 3.63) is 89.0 Å². The minimum absolute atomic E-state index is 0. The van der Waals surface area contributed by atoms with Gasteiger partial charge in [-0.1, -0.05) is 30.3 Å². The molecule has 0 saturated carbocycles. The first-order valence-corrected chi connectivity index (χ1v) is 8.48. The largest absolute Gasteiger partial charge is 0.399 e. The minimum Gasteiger partial charge on any atom is -0.399 e. The molecule has 3 rings (SSSR count). The summed E-state index contributed by atoms with van der Waals surface area (Å²) in [6.07, 6.45) is 5.86. The van der Waals surface area contributed by atoms with E-state index >= 15 is 0 Å². The predicted octanol–water partition coefficient (Wildman–Crippen LogP) is 4.61. The molecule has 142 valence electrons. The SMILES string of the molecule is CC1=CC(=C(c2ccc(N)cc2)c2ccc(N)cc2)C=CC1=N.CCO.Cl. The Bertz CT molecular complexity index is 816. The number of allylic oxidation sites excluding steroid dienone is 5. The maximum absolute atomic E-state index is 7.88. The van der Waals surface area contributed by atoms with Crippen LogP contribution in [0.5, 0.6) is 0 Å². The number of hydrogen-bond acceptors (Lipinski definition) is 4. The molecule has 0 amide bonds. The van der Waals surface area contributed by atoms with E-state index in [0.717, 1.165) is 39.2 Å². The van der Waals surface area contributed by atoms with E-state index in [1.165, 1.54) is 0 Å². The Morgan fingerprint density at radius 3 is 1.67 bits per heavy atom. The molecule has 0 atom stereocenters. The molecule has 0 aromatic heterocycles. The van der Waals surface area contributed by atoms with Crippen LogP contribution in [-0.4, -0.2) is 17.4 Å². The van der Waals surface area contributed by atoms with Crippen molar-refractivity contribution in [2.75, 3.05) is 18.1 Å². The van der Waals surface area contributed by atoms with Crippen molar-refractivity contribution in [1.29, 1.82) is 5.41 Å². The molecule has 0 aliphatic heterocycles. The fraction of sp³-hybridized carbons (Fsp3) is 0.136. The first kappa shape index (κ1) is 22.2. The highest BCUT2D eigenvalue weighted by Crippen LogP contribution is 2.31. The van der Waals surface area contributed by atoms with Gasteiger partial charge in [0.15, 0.2) is 0 Å². The summed E-state index contributed by atoms with van der Waals surface area (Å²) in [5.74, 6) is 0. The van der Waals surface area contributed by atoms with Crippen molar-refractivity contribution in [1.82, 2.24) is 0 Å². The molecule has 2 aromatic carbocycles. The molecule has 27 heavy (non-hydrogen) atoms. The van der Waals surface area contributed by atoms with Crippen LogP contribution >= 0.6 is 12.4 Å². The van der Waals surface area contributed by atoms with Crippen LogP contribution in [0.25, 0.3) is 5.57 Å². The fourth-order valence-corrected chi connectivity index (χ4v) is 2.62. The summed E-state index contributed by atoms with van der Waals surface area (Å²) >= 11 is 0. The van der Waals surface area contributed by atoms with Gasteiger partial charge in [-0.05, 0) is 78.1 Å². The van der Waals surface area contributed by atoms with E-state index in [4.69, 9.17) is 22.0 Å². The molecule has 0 spiro atoms. The second-order valence-corrected chi connectivity index (χ2v) is 5.96. The van der Waals surface area contributed by atoms with E-state index in [-0.39, 0.29) is 19.0 Å². The molecule has 0 fully saturated rings. The Balaban J connectivity index is 0.000000855. The molecule has 6 N–H and O–H groups in total. The van der Waals surface area contributed by atoms with Crippen LogP contribution in [0.3, 0.4) is 0 Å². The van der Waals surface area contributed by atoms with Crippen molar-refractivity contribution < 1.29 is 5.11 Å². The standard InChI is InChI=1S/C20H19N3.C2H6O.ClH/c1-13-12-16(6-11-19(13)23)20(14-2-7-17(21)8-3-14)15-4-9-18(22)10-5-15;1-2-3;/h2-12,23H,21-22H2,1H3;3H,2H2,1H3;1H. The van der Waals surface area contributed by atoms with Gasteiger partial charge in [0, 0.05) is 18.0 Å². The molecule has 1 aliphatic carbocycles. The quantitative estimate of drug-likeness (QED) is 0.570. The fourth-order valence-electron chi connectivity index (χ4n) is 2.62. The lowest BCUT2D eigenvalue weighted by Gasteiger charge is -2.16. The monoisotopic (exact) mass is 383 g/mol. The average molecular weight is 384 g/mol. The lowest BCUT2D eigenvalue weighted by Crippen LogP contribution is -2.01. The molecule has 0 saturated heterocycles. The summed E-state index contributed by atoms with van der Waals surface area (Å²) in [5.41, 5.74) is 19.0. The Morgan fingerprint density at radius 1 is 0.889 bits per heavy atom. The number of aliphatic hydroxyl groups is 1. The lowest BCUT2D eigenvalue weighted by atomic mass is 9.89. The number of halogens is 1. The Hall–Kier alpha value is -2.82. The van der Waals surface area contributed by atoms with E-state index in [1.54, 1.807) is 6.92 Å². The molecule has 2 aromatic rings. The molecule has 0 heterocycles. The van der Waals surface area contributed by atoms with E-state index in [2.05, 4.69) is 0 Å². The van der Waals surface area contributed by atoms with Crippen LogP contribution in [0.4, 0.5) is 11.4 Å². The summed E-state index contributed by atoms with van der Waals surface area (Å²) in [6.45, 7) is 3.88. The molecule has 0 bridgehead atoms. The van der Waals surface area contributed by atoms with Gasteiger partial charge in [0.1, 0.15) is 0 Å². The zero-order valence-corrected chi connectivity index (χ0v) is 16.4. The highest BCUT2D eigenvalue weighted by atomic mass is 35.5. The van der Waals surface area contributed by atoms with Crippen LogP contribution in [0.1, 0.15) is 25.0 Å². The Morgan fingerprint density at radius 2 is 1.30 bits per heavy atom. The van der Waals surface area contributed by atoms with Crippen LogP contribution < -0.4 is 11.5 Å². The van der Waals surface area contributed by atoms with Gasteiger partial charge in [-0.15, -0.1) is 12.4 Å². The highest BCUT2D eigenvalue weighted by Gasteiger charge is 2.12. The third-order valence-corrected chi connectivity index (χ3v) is 3.91. The van der Waals surface area contributed by atoms with Crippen LogP contribution in [0, 0.1) is 5.41 Å². The van der Waals surface area contributed by atoms with Gasteiger partial charge in [-0.2, -0.15) is 0 Å². The molecular weight excluding hydrogens is 358 g/mol. The van der Waals surface area contributed by atoms with Crippen molar-refractivity contribution in [2.45, 2.75) is 13.8 Å². The summed E-state index contributed by atoms with van der Waals surface area (Å²) in [4.78, 5) is 0. The van der Waals surface area contributed by atoms with Gasteiger partial charge in [0.05, 0.1) is 5.71 Å². The first-order chi connectivity index (χ1) is 12.5. The minimum atomic E-state index is 0. The molecule has 4 nitrogen and oxygen atoms in total. The van der Waals surface area contributed by atoms with Gasteiger partial charge in [0.2, 0.25) is 0 Å². The van der Waals surface area contributed by atoms with Crippen molar-refractivity contribution in [2.24, 2.45) is 0 Å². The average Bonchev–Trinajstić information content (AvgIpc) is 2.62. The normalized spacial score (nSPS) is 12.5. The van der Waals surface area contributed by atoms with Crippen LogP contribution in [-0.2, 0) is 0 Å². The summed E-state index contributed by atoms with van der Waals surface area (Å²) in [7, 11) is 0. The number of rotatable bonds is 2. The molecule has 1 aliphatic rings. The maximum Gasteiger partial charge on any atom is 0.0569 e. The second-order valence-electron chi connectivity index (χ2n) is 5.96. The van der Waals surface area contributed by atoms with Gasteiger partial charge >= 0.3 is 0 Å². The number of nitrogens with two attached hydrogens (primary N) is 2. The number of hydrogen-bond donors (Lipinski definition) is 4. The lowest BCUT2D eigenvalue weighted by molar-refractivity contribution is 0.318. The third kappa shape index (κ3) is 5.84. The van der Waals surface area contributed by atoms with Gasteiger partial charge in [0.25, 0.3) is 0 Å². The smallest absolute Gasteiger partial charge is 0.0569 e. The number of aliphatic hydroxyl groups excluding tert-OH is 1. The predicted molar refractivity (Wildman–Crippen MR) is 118 cm³/mol. The summed E-state index contributed by atoms with van der Waals surface area (Å²) in [6, 6.07) is 15.7. The zero-order valence-electron chi connectivity index (χ0n) is 15.6. The topological polar surface area (TPSA) is 96.1 Å². The van der Waals surface area contributed by atoms with Crippen molar-refractivity contribution in [3.8, 4) is 0 Å². The third-order valence-electron chi connectivity index (χ3n) is 3.91. The van der Waals surface area contributed by atoms with E-state index < -0.39 is 0 Å². The van der Waals surface area contributed by atoms with E-state index in [9.17, 15) is 0 Å². The summed E-state index contributed by atoms with van der Waals surface area (Å²) in [5, 5.41) is 15.4. The van der Waals surface area contributed by atoms with Gasteiger partial charge in [-0.25, -0.2) is 0 Å². The summed E-state index contributed by atoms with van der Waals surface area (Å²) < 4.78 is 0. The molecular formula is C22H26ClN3O. The number of anilines is 2. The molecule has 0 unspecified atom stereocenters.